The summed E-state index contributed by atoms with van der Waals surface area (Å²) in [7, 11) is 0. The van der Waals surface area contributed by atoms with Crippen LogP contribution in [0.15, 0.2) is 12.1 Å². The Morgan fingerprint density at radius 3 is 2.27 bits per heavy atom. The summed E-state index contributed by atoms with van der Waals surface area (Å²) >= 11 is 6.06. The van der Waals surface area contributed by atoms with Gasteiger partial charge < -0.3 is 5.32 Å². The Morgan fingerprint density at radius 2 is 1.73 bits per heavy atom. The van der Waals surface area contributed by atoms with Crippen LogP contribution in [0, 0.1) is 17.6 Å². The summed E-state index contributed by atoms with van der Waals surface area (Å²) in [4.78, 5) is 2.20. The van der Waals surface area contributed by atoms with E-state index in [9.17, 15) is 8.78 Å². The molecule has 1 heterocycles. The minimum atomic E-state index is -0.550. The Balaban J connectivity index is 0.00000220. The van der Waals surface area contributed by atoms with Gasteiger partial charge in [-0.25, -0.2) is 8.78 Å². The van der Waals surface area contributed by atoms with Gasteiger partial charge in [0.2, 0.25) is 0 Å². The highest BCUT2D eigenvalue weighted by molar-refractivity contribution is 6.31. The number of hydrogen-bond acceptors (Lipinski definition) is 2. The standard InChI is InChI=1S/C15H21ClF2N2.2ClH/c1-3-10(2)15(20-8-6-19-7-9-20)13-11(17)4-5-12(18)14(13)16;;/h4-5,10,15,19H,3,6-9H2,1-2H3;2*1H/t10?,15-;;/m1../s1. The fraction of sp³-hybridized carbons (Fsp3) is 0.600. The predicted octanol–water partition coefficient (Wildman–Crippen LogP) is 4.45. The molecular weight excluding hydrogens is 353 g/mol. The van der Waals surface area contributed by atoms with Crippen molar-refractivity contribution in [3.05, 3.63) is 34.4 Å². The van der Waals surface area contributed by atoms with Crippen molar-refractivity contribution in [2.75, 3.05) is 26.2 Å². The maximum Gasteiger partial charge on any atom is 0.142 e. The molecule has 0 aliphatic carbocycles. The molecule has 7 heteroatoms. The Bertz CT molecular complexity index is 468. The van der Waals surface area contributed by atoms with E-state index in [2.05, 4.69) is 24.1 Å². The highest BCUT2D eigenvalue weighted by atomic mass is 35.5. The fourth-order valence-corrected chi connectivity index (χ4v) is 3.09. The highest BCUT2D eigenvalue weighted by Crippen LogP contribution is 2.37. The lowest BCUT2D eigenvalue weighted by atomic mass is 9.90. The second kappa shape index (κ2) is 9.89. The van der Waals surface area contributed by atoms with Crippen molar-refractivity contribution in [3.63, 3.8) is 0 Å². The van der Waals surface area contributed by atoms with E-state index >= 15 is 0 Å². The van der Waals surface area contributed by atoms with Crippen LogP contribution in [0.4, 0.5) is 8.78 Å². The lowest BCUT2D eigenvalue weighted by Gasteiger charge is -2.39. The molecule has 1 saturated heterocycles. The number of nitrogens with zero attached hydrogens (tertiary/aromatic N) is 1. The van der Waals surface area contributed by atoms with Gasteiger partial charge >= 0.3 is 0 Å². The number of nitrogens with one attached hydrogen (secondary N) is 1. The van der Waals surface area contributed by atoms with E-state index in [0.717, 1.165) is 38.7 Å². The van der Waals surface area contributed by atoms with Gasteiger partial charge in [-0.2, -0.15) is 0 Å². The van der Waals surface area contributed by atoms with E-state index in [1.807, 2.05) is 0 Å². The summed E-state index contributed by atoms with van der Waals surface area (Å²) in [5.41, 5.74) is 0.308. The molecule has 1 N–H and O–H groups in total. The number of piperazine rings is 1. The van der Waals surface area contributed by atoms with Gasteiger partial charge in [0, 0.05) is 37.8 Å². The zero-order valence-electron chi connectivity index (χ0n) is 12.7. The predicted molar refractivity (Wildman–Crippen MR) is 92.5 cm³/mol. The lowest BCUT2D eigenvalue weighted by Crippen LogP contribution is -2.47. The molecular formula is C15H23Cl3F2N2. The SMILES string of the molecule is CCC(C)[C@H](c1c(F)ccc(F)c1Cl)N1CCNCC1.Cl.Cl. The average Bonchev–Trinajstić information content (AvgIpc) is 2.48. The third-order valence-corrected chi connectivity index (χ3v) is 4.49. The van der Waals surface area contributed by atoms with Gasteiger partial charge in [-0.1, -0.05) is 31.9 Å². The summed E-state index contributed by atoms with van der Waals surface area (Å²) in [5.74, 6) is -0.756. The van der Waals surface area contributed by atoms with Crippen molar-refractivity contribution in [1.82, 2.24) is 10.2 Å². The Hall–Kier alpha value is -0.130. The second-order valence-electron chi connectivity index (χ2n) is 5.37. The van der Waals surface area contributed by atoms with Crippen molar-refractivity contribution in [2.45, 2.75) is 26.3 Å². The summed E-state index contributed by atoms with van der Waals surface area (Å²) in [6.07, 6.45) is 0.890. The lowest BCUT2D eigenvalue weighted by molar-refractivity contribution is 0.125. The van der Waals surface area contributed by atoms with E-state index in [-0.39, 0.29) is 41.8 Å². The van der Waals surface area contributed by atoms with Gasteiger partial charge in [0.15, 0.2) is 0 Å². The Labute approximate surface area is 148 Å². The first-order valence-electron chi connectivity index (χ1n) is 7.14. The largest absolute Gasteiger partial charge is 0.314 e. The molecule has 0 bridgehead atoms. The Morgan fingerprint density at radius 1 is 1.18 bits per heavy atom. The monoisotopic (exact) mass is 374 g/mol. The van der Waals surface area contributed by atoms with Gasteiger partial charge in [-0.3, -0.25) is 4.90 Å². The molecule has 0 saturated carbocycles. The van der Waals surface area contributed by atoms with Crippen LogP contribution in [-0.4, -0.2) is 31.1 Å². The maximum atomic E-state index is 14.2. The molecule has 1 aliphatic rings. The Kier molecular flexibility index (Phi) is 9.83. The summed E-state index contributed by atoms with van der Waals surface area (Å²) in [6, 6.07) is 2.09. The maximum absolute atomic E-state index is 14.2. The molecule has 1 aromatic rings. The van der Waals surface area contributed by atoms with Crippen LogP contribution in [0.3, 0.4) is 0 Å². The number of rotatable bonds is 4. The summed E-state index contributed by atoms with van der Waals surface area (Å²) in [6.45, 7) is 7.49. The van der Waals surface area contributed by atoms with E-state index in [0.29, 0.717) is 5.56 Å². The number of hydrogen-bond donors (Lipinski definition) is 1. The second-order valence-corrected chi connectivity index (χ2v) is 5.75. The smallest absolute Gasteiger partial charge is 0.142 e. The van der Waals surface area contributed by atoms with Gasteiger partial charge in [0.05, 0.1) is 5.02 Å². The molecule has 1 fully saturated rings. The third kappa shape index (κ3) is 4.68. The van der Waals surface area contributed by atoms with Crippen LogP contribution in [-0.2, 0) is 0 Å². The molecule has 2 nitrogen and oxygen atoms in total. The molecule has 0 amide bonds. The zero-order chi connectivity index (χ0) is 14.7. The third-order valence-electron chi connectivity index (χ3n) is 4.10. The normalized spacial score (nSPS) is 18.0. The quantitative estimate of drug-likeness (QED) is 0.782. The zero-order valence-corrected chi connectivity index (χ0v) is 15.1. The molecule has 0 spiro atoms. The number of halogens is 5. The van der Waals surface area contributed by atoms with Crippen LogP contribution in [0.2, 0.25) is 5.02 Å². The van der Waals surface area contributed by atoms with E-state index in [4.69, 9.17) is 11.6 Å². The summed E-state index contributed by atoms with van der Waals surface area (Å²) in [5, 5.41) is 3.20. The van der Waals surface area contributed by atoms with E-state index in [1.165, 1.54) is 6.07 Å². The van der Waals surface area contributed by atoms with Crippen LogP contribution in [0.5, 0.6) is 0 Å². The van der Waals surface area contributed by atoms with Crippen molar-refractivity contribution in [3.8, 4) is 0 Å². The van der Waals surface area contributed by atoms with Crippen LogP contribution in [0.1, 0.15) is 31.9 Å². The first kappa shape index (κ1) is 21.9. The molecule has 2 rings (SSSR count). The van der Waals surface area contributed by atoms with Gasteiger partial charge in [0.25, 0.3) is 0 Å². The van der Waals surface area contributed by atoms with Crippen LogP contribution >= 0.6 is 36.4 Å². The van der Waals surface area contributed by atoms with Gasteiger partial charge in [-0.15, -0.1) is 24.8 Å². The number of benzene rings is 1. The molecule has 22 heavy (non-hydrogen) atoms. The molecule has 1 aliphatic heterocycles. The van der Waals surface area contributed by atoms with E-state index in [1.54, 1.807) is 0 Å². The highest BCUT2D eigenvalue weighted by Gasteiger charge is 2.31. The minimum Gasteiger partial charge on any atom is -0.314 e. The molecule has 0 radical (unpaired) electrons. The molecule has 1 aromatic carbocycles. The molecule has 0 aromatic heterocycles. The summed E-state index contributed by atoms with van der Waals surface area (Å²) < 4.78 is 28.0. The van der Waals surface area contributed by atoms with E-state index < -0.39 is 11.6 Å². The van der Waals surface area contributed by atoms with Crippen molar-refractivity contribution >= 4 is 36.4 Å². The average molecular weight is 376 g/mol. The van der Waals surface area contributed by atoms with Gasteiger partial charge in [-0.05, 0) is 18.1 Å². The molecule has 2 atom stereocenters. The fourth-order valence-electron chi connectivity index (χ4n) is 2.82. The first-order valence-corrected chi connectivity index (χ1v) is 7.52. The van der Waals surface area contributed by atoms with Crippen LogP contribution in [0.25, 0.3) is 0 Å². The van der Waals surface area contributed by atoms with Crippen LogP contribution < -0.4 is 5.32 Å². The molecule has 128 valence electrons. The van der Waals surface area contributed by atoms with Crippen molar-refractivity contribution < 1.29 is 8.78 Å². The topological polar surface area (TPSA) is 15.3 Å². The van der Waals surface area contributed by atoms with Crippen molar-refractivity contribution in [2.24, 2.45) is 5.92 Å². The molecule has 1 unspecified atom stereocenters. The minimum absolute atomic E-state index is 0. The van der Waals surface area contributed by atoms with Gasteiger partial charge in [0.1, 0.15) is 11.6 Å². The first-order chi connectivity index (χ1) is 9.56. The van der Waals surface area contributed by atoms with Crippen molar-refractivity contribution in [1.29, 1.82) is 0 Å².